The number of hydrogen-bond acceptors (Lipinski definition) is 3. The van der Waals surface area contributed by atoms with Crippen LogP contribution >= 0.6 is 0 Å². The van der Waals surface area contributed by atoms with Gasteiger partial charge in [-0.15, -0.1) is 0 Å². The first-order valence-corrected chi connectivity index (χ1v) is 7.56. The van der Waals surface area contributed by atoms with Crippen molar-refractivity contribution >= 4 is 0 Å². The van der Waals surface area contributed by atoms with E-state index in [0.717, 1.165) is 44.1 Å². The predicted molar refractivity (Wildman–Crippen MR) is 77.5 cm³/mol. The summed E-state index contributed by atoms with van der Waals surface area (Å²) < 4.78 is 19.3. The Balaban J connectivity index is 1.89. The van der Waals surface area contributed by atoms with Crippen LogP contribution in [0.4, 0.5) is 4.39 Å². The van der Waals surface area contributed by atoms with Gasteiger partial charge in [0.05, 0.1) is 7.11 Å². The van der Waals surface area contributed by atoms with Crippen LogP contribution in [-0.4, -0.2) is 38.2 Å². The lowest BCUT2D eigenvalue weighted by Crippen LogP contribution is -2.45. The molecule has 20 heavy (non-hydrogen) atoms. The smallest absolute Gasteiger partial charge is 0.165 e. The molecule has 1 saturated heterocycles. The summed E-state index contributed by atoms with van der Waals surface area (Å²) in [6.45, 7) is 4.08. The largest absolute Gasteiger partial charge is 0.493 e. The summed E-state index contributed by atoms with van der Waals surface area (Å²) >= 11 is 0. The maximum absolute atomic E-state index is 14.0. The summed E-state index contributed by atoms with van der Waals surface area (Å²) in [5.41, 5.74) is 1.02. The van der Waals surface area contributed by atoms with Crippen molar-refractivity contribution < 1.29 is 9.13 Å². The van der Waals surface area contributed by atoms with E-state index in [4.69, 9.17) is 4.74 Å². The molecular formula is C16H23FN2O. The van der Waals surface area contributed by atoms with Crippen molar-refractivity contribution in [2.24, 2.45) is 5.92 Å². The number of nitrogens with one attached hydrogen (secondary N) is 1. The van der Waals surface area contributed by atoms with Crippen LogP contribution in [0, 0.1) is 11.7 Å². The number of rotatable bonds is 5. The van der Waals surface area contributed by atoms with E-state index >= 15 is 0 Å². The molecule has 0 spiro atoms. The Morgan fingerprint density at radius 2 is 2.10 bits per heavy atom. The summed E-state index contributed by atoms with van der Waals surface area (Å²) in [6, 6.07) is 5.59. The van der Waals surface area contributed by atoms with Gasteiger partial charge >= 0.3 is 0 Å². The molecule has 1 atom stereocenters. The van der Waals surface area contributed by atoms with E-state index in [1.54, 1.807) is 13.2 Å². The van der Waals surface area contributed by atoms with Crippen LogP contribution in [0.25, 0.3) is 0 Å². The first-order chi connectivity index (χ1) is 9.79. The Labute approximate surface area is 120 Å². The maximum atomic E-state index is 14.0. The van der Waals surface area contributed by atoms with Gasteiger partial charge in [0.2, 0.25) is 0 Å². The standard InChI is InChI=1S/C16H23FN2O/c1-20-16-13(3-2-4-14(16)17)15(11-12-5-6-12)19-9-7-18-8-10-19/h2-4,12,15,18H,5-11H2,1H3/t15-/m1/s1. The number of piperazine rings is 1. The molecule has 0 bridgehead atoms. The molecule has 4 heteroatoms. The van der Waals surface area contributed by atoms with Gasteiger partial charge in [-0.05, 0) is 18.4 Å². The molecule has 1 N–H and O–H groups in total. The van der Waals surface area contributed by atoms with Crippen LogP contribution in [0.5, 0.6) is 5.75 Å². The lowest BCUT2D eigenvalue weighted by Gasteiger charge is -2.36. The Morgan fingerprint density at radius 3 is 2.75 bits per heavy atom. The fraction of sp³-hybridized carbons (Fsp3) is 0.625. The first-order valence-electron chi connectivity index (χ1n) is 7.56. The van der Waals surface area contributed by atoms with Crippen LogP contribution in [0.2, 0.25) is 0 Å². The number of methoxy groups -OCH3 is 1. The fourth-order valence-electron chi connectivity index (χ4n) is 3.14. The lowest BCUT2D eigenvalue weighted by atomic mass is 9.97. The SMILES string of the molecule is COc1c(F)cccc1[C@@H](CC1CC1)N1CCNCC1. The number of ether oxygens (including phenoxy) is 1. The van der Waals surface area contributed by atoms with Gasteiger partial charge in [-0.3, -0.25) is 4.90 Å². The van der Waals surface area contributed by atoms with Gasteiger partial charge in [0.25, 0.3) is 0 Å². The van der Waals surface area contributed by atoms with E-state index in [1.807, 2.05) is 6.07 Å². The Kier molecular flexibility index (Phi) is 4.22. The van der Waals surface area contributed by atoms with Crippen molar-refractivity contribution in [1.82, 2.24) is 10.2 Å². The molecule has 2 fully saturated rings. The van der Waals surface area contributed by atoms with Gasteiger partial charge in [-0.1, -0.05) is 25.0 Å². The molecular weight excluding hydrogens is 255 g/mol. The van der Waals surface area contributed by atoms with Crippen LogP contribution in [0.3, 0.4) is 0 Å². The van der Waals surface area contributed by atoms with Crippen molar-refractivity contribution in [3.8, 4) is 5.75 Å². The highest BCUT2D eigenvalue weighted by molar-refractivity contribution is 5.37. The number of benzene rings is 1. The van der Waals surface area contributed by atoms with Gasteiger partial charge in [0, 0.05) is 37.8 Å². The number of hydrogen-bond donors (Lipinski definition) is 1. The van der Waals surface area contributed by atoms with Crippen molar-refractivity contribution in [2.45, 2.75) is 25.3 Å². The van der Waals surface area contributed by atoms with E-state index in [1.165, 1.54) is 18.9 Å². The highest BCUT2D eigenvalue weighted by Crippen LogP contribution is 2.42. The third-order valence-electron chi connectivity index (χ3n) is 4.41. The fourth-order valence-corrected chi connectivity index (χ4v) is 3.14. The molecule has 0 radical (unpaired) electrons. The number of para-hydroxylation sites is 1. The van der Waals surface area contributed by atoms with Crippen LogP contribution < -0.4 is 10.1 Å². The molecule has 1 heterocycles. The molecule has 3 nitrogen and oxygen atoms in total. The predicted octanol–water partition coefficient (Wildman–Crippen LogP) is 2.58. The van der Waals surface area contributed by atoms with Crippen LogP contribution in [-0.2, 0) is 0 Å². The Morgan fingerprint density at radius 1 is 1.35 bits per heavy atom. The summed E-state index contributed by atoms with van der Waals surface area (Å²) in [7, 11) is 1.56. The summed E-state index contributed by atoms with van der Waals surface area (Å²) in [4.78, 5) is 2.48. The van der Waals surface area contributed by atoms with Crippen molar-refractivity contribution in [1.29, 1.82) is 0 Å². The monoisotopic (exact) mass is 278 g/mol. The highest BCUT2D eigenvalue weighted by atomic mass is 19.1. The molecule has 1 aromatic rings. The van der Waals surface area contributed by atoms with E-state index in [-0.39, 0.29) is 11.9 Å². The van der Waals surface area contributed by atoms with Crippen molar-refractivity contribution in [3.05, 3.63) is 29.6 Å². The molecule has 1 aliphatic heterocycles. The Hall–Kier alpha value is -1.13. The molecule has 1 aliphatic carbocycles. The quantitative estimate of drug-likeness (QED) is 0.896. The van der Waals surface area contributed by atoms with Crippen molar-refractivity contribution in [2.75, 3.05) is 33.3 Å². The normalized spacial score (nSPS) is 21.7. The molecule has 0 amide bonds. The molecule has 3 rings (SSSR count). The zero-order chi connectivity index (χ0) is 13.9. The summed E-state index contributed by atoms with van der Waals surface area (Å²) in [6.07, 6.45) is 3.76. The second kappa shape index (κ2) is 6.10. The van der Waals surface area contributed by atoms with E-state index in [0.29, 0.717) is 5.75 Å². The number of halogens is 1. The molecule has 110 valence electrons. The second-order valence-electron chi connectivity index (χ2n) is 5.84. The average molecular weight is 278 g/mol. The second-order valence-corrected chi connectivity index (χ2v) is 5.84. The minimum absolute atomic E-state index is 0.249. The average Bonchev–Trinajstić information content (AvgIpc) is 3.29. The highest BCUT2D eigenvalue weighted by Gasteiger charge is 2.32. The minimum atomic E-state index is -0.249. The van der Waals surface area contributed by atoms with Gasteiger partial charge in [0.1, 0.15) is 0 Å². The molecule has 2 aliphatic rings. The topological polar surface area (TPSA) is 24.5 Å². The van der Waals surface area contributed by atoms with Crippen LogP contribution in [0.1, 0.15) is 30.9 Å². The summed E-state index contributed by atoms with van der Waals surface area (Å²) in [5, 5.41) is 3.38. The third-order valence-corrected chi connectivity index (χ3v) is 4.41. The maximum Gasteiger partial charge on any atom is 0.165 e. The molecule has 0 aromatic heterocycles. The first kappa shape index (κ1) is 13.8. The van der Waals surface area contributed by atoms with E-state index < -0.39 is 0 Å². The van der Waals surface area contributed by atoms with Gasteiger partial charge < -0.3 is 10.1 Å². The van der Waals surface area contributed by atoms with E-state index in [9.17, 15) is 4.39 Å². The zero-order valence-electron chi connectivity index (χ0n) is 12.1. The van der Waals surface area contributed by atoms with Gasteiger partial charge in [-0.2, -0.15) is 0 Å². The van der Waals surface area contributed by atoms with Crippen molar-refractivity contribution in [3.63, 3.8) is 0 Å². The number of nitrogens with zero attached hydrogens (tertiary/aromatic N) is 1. The third kappa shape index (κ3) is 2.96. The van der Waals surface area contributed by atoms with Crippen LogP contribution in [0.15, 0.2) is 18.2 Å². The van der Waals surface area contributed by atoms with Gasteiger partial charge in [-0.25, -0.2) is 4.39 Å². The van der Waals surface area contributed by atoms with E-state index in [2.05, 4.69) is 10.2 Å². The lowest BCUT2D eigenvalue weighted by molar-refractivity contribution is 0.157. The summed E-state index contributed by atoms with van der Waals surface area (Å²) in [5.74, 6) is 0.987. The molecule has 1 aromatic carbocycles. The van der Waals surface area contributed by atoms with Gasteiger partial charge in [0.15, 0.2) is 11.6 Å². The zero-order valence-corrected chi connectivity index (χ0v) is 12.1. The molecule has 1 saturated carbocycles. The minimum Gasteiger partial charge on any atom is -0.493 e. The molecule has 0 unspecified atom stereocenters. The Bertz CT molecular complexity index is 456.